The average molecular weight is 764 g/mol. The van der Waals surface area contributed by atoms with Gasteiger partial charge in [-0.15, -0.1) is 0 Å². The molecule has 0 aliphatic rings. The highest BCUT2D eigenvalue weighted by molar-refractivity contribution is 6.17. The van der Waals surface area contributed by atoms with Gasteiger partial charge in [0.15, 0.2) is 0 Å². The molecule has 0 bridgehead atoms. The molecule has 6 aromatic carbocycles. The van der Waals surface area contributed by atoms with Crippen LogP contribution in [-0.4, -0.2) is 20.1 Å². The van der Waals surface area contributed by atoms with E-state index in [0.717, 1.165) is 77.6 Å². The van der Waals surface area contributed by atoms with E-state index in [0.29, 0.717) is 12.1 Å². The maximum absolute atomic E-state index is 13.0. The number of fused-ring (bicyclic) bond motifs is 5. The Balaban J connectivity index is 1.13. The number of aromatic nitrogens is 3. The average Bonchev–Trinajstić information content (AvgIpc) is 3.69. The number of hydrogen-bond donors (Lipinski definition) is 1. The third-order valence-corrected chi connectivity index (χ3v) is 11.8. The number of nitrogens with zero attached hydrogens (tertiary/aromatic N) is 3. The maximum Gasteiger partial charge on any atom is 0.144 e. The Morgan fingerprint density at radius 3 is 1.93 bits per heavy atom. The Hall–Kier alpha value is -7.21. The summed E-state index contributed by atoms with van der Waals surface area (Å²) in [4.78, 5) is 15.0. The third kappa shape index (κ3) is 6.65. The van der Waals surface area contributed by atoms with Gasteiger partial charge in [-0.2, -0.15) is 0 Å². The minimum absolute atomic E-state index is 0.267. The molecular weight excluding hydrogens is 723 g/mol. The summed E-state index contributed by atoms with van der Waals surface area (Å²) in [6.45, 7) is 2.24. The molecule has 0 radical (unpaired) electrons. The first kappa shape index (κ1) is 36.2. The normalized spacial score (nSPS) is 13.7. The summed E-state index contributed by atoms with van der Waals surface area (Å²) in [6.07, 6.45) is 4.50. The van der Waals surface area contributed by atoms with E-state index in [1.807, 2.05) is 79.0 Å². The molecular formula is C54H41N3O2. The largest absolute Gasteiger partial charge is 0.455 e. The molecule has 0 spiro atoms. The van der Waals surface area contributed by atoms with Crippen molar-refractivity contribution in [3.63, 3.8) is 0 Å². The molecule has 0 saturated heterocycles. The zero-order chi connectivity index (χ0) is 39.8. The number of benzene rings is 6. The number of pyridine rings is 3. The number of rotatable bonds is 10. The Morgan fingerprint density at radius 2 is 1.19 bits per heavy atom. The second-order valence-electron chi connectivity index (χ2n) is 15.6. The van der Waals surface area contributed by atoms with Crippen molar-refractivity contribution in [3.05, 3.63) is 234 Å². The molecule has 5 nitrogen and oxygen atoms in total. The predicted octanol–water partition coefficient (Wildman–Crippen LogP) is 12.3. The van der Waals surface area contributed by atoms with Crippen LogP contribution in [0.2, 0.25) is 0 Å². The van der Waals surface area contributed by atoms with Gasteiger partial charge in [-0.3, -0.25) is 15.0 Å². The molecule has 5 heteroatoms. The molecule has 0 amide bonds. The first-order chi connectivity index (χ1) is 29.0. The van der Waals surface area contributed by atoms with Crippen molar-refractivity contribution < 1.29 is 9.52 Å². The lowest BCUT2D eigenvalue weighted by Crippen LogP contribution is -2.31. The fourth-order valence-electron chi connectivity index (χ4n) is 8.70. The van der Waals surface area contributed by atoms with Gasteiger partial charge in [0.25, 0.3) is 0 Å². The summed E-state index contributed by atoms with van der Waals surface area (Å²) in [7, 11) is 0. The lowest BCUT2D eigenvalue weighted by molar-refractivity contribution is 0.0765. The van der Waals surface area contributed by atoms with Crippen LogP contribution in [0.4, 0.5) is 0 Å². The van der Waals surface area contributed by atoms with Crippen molar-refractivity contribution in [1.82, 2.24) is 15.0 Å². The van der Waals surface area contributed by atoms with Crippen molar-refractivity contribution >= 4 is 32.7 Å². The molecule has 1 N–H and O–H groups in total. The van der Waals surface area contributed by atoms with Crippen LogP contribution >= 0.6 is 0 Å². The van der Waals surface area contributed by atoms with E-state index in [1.54, 1.807) is 6.20 Å². The van der Waals surface area contributed by atoms with Gasteiger partial charge in [0, 0.05) is 58.1 Å². The Kier molecular flexibility index (Phi) is 9.16. The SMILES string of the molecule is CC(Cc1cccc(-c2cc(CC(O)(c3ccc(-c4ccccc4)cc3)c3ccccn3)cc3c2oc2c4ccccc4ccc32)n1)(c1ccccc1)c1ccccn1. The zero-order valence-corrected chi connectivity index (χ0v) is 32.7. The monoisotopic (exact) mass is 763 g/mol. The van der Waals surface area contributed by atoms with Crippen LogP contribution in [0.3, 0.4) is 0 Å². The molecule has 0 aliphatic carbocycles. The molecule has 10 rings (SSSR count). The van der Waals surface area contributed by atoms with Crippen LogP contribution < -0.4 is 0 Å². The van der Waals surface area contributed by atoms with Gasteiger partial charge < -0.3 is 9.52 Å². The van der Waals surface area contributed by atoms with Crippen LogP contribution in [-0.2, 0) is 23.9 Å². The lowest BCUT2D eigenvalue weighted by atomic mass is 9.75. The number of furan rings is 1. The van der Waals surface area contributed by atoms with Gasteiger partial charge in [0.05, 0.1) is 17.1 Å². The highest BCUT2D eigenvalue weighted by Crippen LogP contribution is 2.42. The molecule has 284 valence electrons. The topological polar surface area (TPSA) is 72.0 Å². The second kappa shape index (κ2) is 14.9. The van der Waals surface area contributed by atoms with E-state index in [9.17, 15) is 5.11 Å². The Labute approximate surface area is 343 Å². The smallest absolute Gasteiger partial charge is 0.144 e. The van der Waals surface area contributed by atoms with Crippen molar-refractivity contribution in [1.29, 1.82) is 0 Å². The minimum atomic E-state index is -1.44. The summed E-state index contributed by atoms with van der Waals surface area (Å²) in [5.41, 5.74) is 8.92. The standard InChI is InChI=1S/C54H41N3O2/c1-53(41-18-6-3-7-19-41,49-23-10-12-31-55-49)36-43-20-14-22-48(57-43)47-34-37(33-46-45-30-27-40-17-8-9-21-44(40)51(45)59-52(46)47)35-54(58,50-24-11-13-32-56-50)42-28-25-39(26-29-42)38-15-4-2-5-16-38/h2-34,58H,35-36H2,1H3. The van der Waals surface area contributed by atoms with E-state index in [1.165, 1.54) is 5.56 Å². The Morgan fingerprint density at radius 1 is 0.508 bits per heavy atom. The number of hydrogen-bond acceptors (Lipinski definition) is 5. The van der Waals surface area contributed by atoms with Crippen molar-refractivity contribution in [2.75, 3.05) is 0 Å². The maximum atomic E-state index is 13.0. The quantitative estimate of drug-likeness (QED) is 0.150. The number of aliphatic hydroxyl groups is 1. The third-order valence-electron chi connectivity index (χ3n) is 11.8. The van der Waals surface area contributed by atoms with E-state index in [2.05, 4.69) is 122 Å². The van der Waals surface area contributed by atoms with Gasteiger partial charge in [0.2, 0.25) is 0 Å². The summed E-state index contributed by atoms with van der Waals surface area (Å²) < 4.78 is 6.92. The summed E-state index contributed by atoms with van der Waals surface area (Å²) in [6, 6.07) is 64.0. The summed E-state index contributed by atoms with van der Waals surface area (Å²) >= 11 is 0. The first-order valence-electron chi connectivity index (χ1n) is 20.1. The summed E-state index contributed by atoms with van der Waals surface area (Å²) in [5, 5.41) is 17.1. The van der Waals surface area contributed by atoms with E-state index in [4.69, 9.17) is 19.4 Å². The Bertz CT molecular complexity index is 3020. The molecule has 2 unspecified atom stereocenters. The van der Waals surface area contributed by atoms with Gasteiger partial charge in [-0.1, -0.05) is 133 Å². The molecule has 59 heavy (non-hydrogen) atoms. The van der Waals surface area contributed by atoms with Crippen molar-refractivity contribution in [2.24, 2.45) is 0 Å². The van der Waals surface area contributed by atoms with Crippen LogP contribution in [0.1, 0.15) is 40.7 Å². The van der Waals surface area contributed by atoms with Crippen LogP contribution in [0.25, 0.3) is 55.1 Å². The van der Waals surface area contributed by atoms with Crippen molar-refractivity contribution in [2.45, 2.75) is 30.8 Å². The van der Waals surface area contributed by atoms with E-state index in [-0.39, 0.29) is 6.42 Å². The second-order valence-corrected chi connectivity index (χ2v) is 15.6. The molecule has 0 fully saturated rings. The predicted molar refractivity (Wildman–Crippen MR) is 238 cm³/mol. The highest BCUT2D eigenvalue weighted by atomic mass is 16.3. The lowest BCUT2D eigenvalue weighted by Gasteiger charge is -2.30. The van der Waals surface area contributed by atoms with E-state index < -0.39 is 11.0 Å². The molecule has 2 atom stereocenters. The molecule has 0 saturated carbocycles. The summed E-state index contributed by atoms with van der Waals surface area (Å²) in [5.74, 6) is 0. The van der Waals surface area contributed by atoms with Gasteiger partial charge in [-0.05, 0) is 94.7 Å². The van der Waals surface area contributed by atoms with Crippen LogP contribution in [0.5, 0.6) is 0 Å². The fraction of sp³-hybridized carbons (Fsp3) is 0.0926. The molecule has 4 aromatic heterocycles. The van der Waals surface area contributed by atoms with Gasteiger partial charge >= 0.3 is 0 Å². The molecule has 0 aliphatic heterocycles. The minimum Gasteiger partial charge on any atom is -0.455 e. The van der Waals surface area contributed by atoms with Gasteiger partial charge in [0.1, 0.15) is 16.8 Å². The van der Waals surface area contributed by atoms with Crippen molar-refractivity contribution in [3.8, 4) is 22.4 Å². The highest BCUT2D eigenvalue weighted by Gasteiger charge is 2.35. The van der Waals surface area contributed by atoms with Crippen LogP contribution in [0.15, 0.2) is 205 Å². The first-order valence-corrected chi connectivity index (χ1v) is 20.1. The van der Waals surface area contributed by atoms with Crippen LogP contribution in [0, 0.1) is 0 Å². The molecule has 4 heterocycles. The zero-order valence-electron chi connectivity index (χ0n) is 32.7. The van der Waals surface area contributed by atoms with Gasteiger partial charge in [-0.25, -0.2) is 0 Å². The van der Waals surface area contributed by atoms with E-state index >= 15 is 0 Å². The fourth-order valence-corrected chi connectivity index (χ4v) is 8.70. The molecule has 10 aromatic rings.